The van der Waals surface area contributed by atoms with Crippen LogP contribution in [0.2, 0.25) is 0 Å². The molecule has 226 valence electrons. The van der Waals surface area contributed by atoms with Gasteiger partial charge in [-0.25, -0.2) is 17.6 Å². The largest absolute Gasteiger partial charge is 0.457 e. The number of piperidine rings is 1. The molecule has 2 aliphatic rings. The Morgan fingerprint density at radius 3 is 2.05 bits per heavy atom. The van der Waals surface area contributed by atoms with Gasteiger partial charge in [-0.1, -0.05) is 25.0 Å². The number of amides is 2. The van der Waals surface area contributed by atoms with Gasteiger partial charge in [-0.15, -0.1) is 12.4 Å². The Kier molecular flexibility index (Phi) is 10.7. The van der Waals surface area contributed by atoms with Crippen LogP contribution in [-0.2, 0) is 16.6 Å². The zero-order valence-electron chi connectivity index (χ0n) is 23.7. The molecule has 2 amide bonds. The highest BCUT2D eigenvalue weighted by Gasteiger charge is 2.30. The summed E-state index contributed by atoms with van der Waals surface area (Å²) in [6, 6.07) is 20.7. The molecular weight excluding hydrogens is 579 g/mol. The summed E-state index contributed by atoms with van der Waals surface area (Å²) in [5, 5.41) is 2.96. The zero-order chi connectivity index (χ0) is 28.8. The van der Waals surface area contributed by atoms with Gasteiger partial charge in [0.1, 0.15) is 17.3 Å². The molecule has 0 unspecified atom stereocenters. The normalized spacial score (nSPS) is 15.9. The van der Waals surface area contributed by atoms with Crippen LogP contribution in [0.3, 0.4) is 0 Å². The third kappa shape index (κ3) is 9.61. The van der Waals surface area contributed by atoms with E-state index >= 15 is 0 Å². The summed E-state index contributed by atoms with van der Waals surface area (Å²) in [5.41, 5.74) is 2.28. The molecule has 8 nitrogen and oxygen atoms in total. The molecule has 2 fully saturated rings. The van der Waals surface area contributed by atoms with Gasteiger partial charge in [0.2, 0.25) is 10.0 Å². The molecule has 3 aromatic rings. The van der Waals surface area contributed by atoms with Crippen LogP contribution in [0.25, 0.3) is 0 Å². The quantitative estimate of drug-likeness (QED) is 0.250. The second-order valence-corrected chi connectivity index (χ2v) is 12.8. The number of likely N-dealkylation sites (tertiary alicyclic amines) is 1. The van der Waals surface area contributed by atoms with Gasteiger partial charge in [0.25, 0.3) is 0 Å². The van der Waals surface area contributed by atoms with E-state index in [0.29, 0.717) is 22.9 Å². The first-order valence-electron chi connectivity index (χ1n) is 14.1. The van der Waals surface area contributed by atoms with Gasteiger partial charge in [0.15, 0.2) is 0 Å². The van der Waals surface area contributed by atoms with Gasteiger partial charge < -0.3 is 15.0 Å². The van der Waals surface area contributed by atoms with E-state index < -0.39 is 10.0 Å². The van der Waals surface area contributed by atoms with Gasteiger partial charge in [-0.2, -0.15) is 0 Å². The second-order valence-electron chi connectivity index (χ2n) is 11.0. The van der Waals surface area contributed by atoms with Crippen LogP contribution in [0, 0.1) is 11.7 Å². The topological polar surface area (TPSA) is 91.0 Å². The number of carbonyl (C=O) groups excluding carboxylic acids is 1. The van der Waals surface area contributed by atoms with E-state index in [-0.39, 0.29) is 30.3 Å². The van der Waals surface area contributed by atoms with E-state index in [4.69, 9.17) is 4.74 Å². The van der Waals surface area contributed by atoms with Crippen molar-refractivity contribution in [2.75, 3.05) is 35.9 Å². The Morgan fingerprint density at radius 2 is 1.48 bits per heavy atom. The summed E-state index contributed by atoms with van der Waals surface area (Å²) in [5.74, 6) is 1.74. The maximum Gasteiger partial charge on any atom is 0.322 e. The monoisotopic (exact) mass is 616 g/mol. The fraction of sp³-hybridized carbons (Fsp3) is 0.387. The fourth-order valence-electron chi connectivity index (χ4n) is 5.16. The molecule has 11 heteroatoms. The van der Waals surface area contributed by atoms with E-state index in [0.717, 1.165) is 57.6 Å². The molecule has 1 saturated heterocycles. The summed E-state index contributed by atoms with van der Waals surface area (Å²) in [4.78, 5) is 17.6. The number of anilines is 2. The smallest absolute Gasteiger partial charge is 0.322 e. The van der Waals surface area contributed by atoms with Crippen LogP contribution < -0.4 is 14.8 Å². The van der Waals surface area contributed by atoms with Crippen molar-refractivity contribution in [3.05, 3.63) is 84.2 Å². The average molecular weight is 617 g/mol. The lowest BCUT2D eigenvalue weighted by molar-refractivity contribution is 0.122. The zero-order valence-corrected chi connectivity index (χ0v) is 25.3. The molecule has 2 N–H and O–H groups in total. The minimum atomic E-state index is -3.32. The number of nitrogens with zero attached hydrogens (tertiary/aromatic N) is 2. The Labute approximate surface area is 253 Å². The number of sulfonamides is 1. The number of hydrogen-bond donors (Lipinski definition) is 2. The van der Waals surface area contributed by atoms with Gasteiger partial charge in [0, 0.05) is 43.6 Å². The third-order valence-electron chi connectivity index (χ3n) is 7.55. The molecule has 1 aliphatic carbocycles. The first-order valence-corrected chi connectivity index (χ1v) is 16.0. The number of hydrogen-bond acceptors (Lipinski definition) is 5. The highest BCUT2D eigenvalue weighted by atomic mass is 35.5. The second kappa shape index (κ2) is 14.2. The fourth-order valence-corrected chi connectivity index (χ4v) is 5.72. The van der Waals surface area contributed by atoms with Gasteiger partial charge >= 0.3 is 6.03 Å². The van der Waals surface area contributed by atoms with Gasteiger partial charge in [-0.05, 0) is 91.4 Å². The summed E-state index contributed by atoms with van der Waals surface area (Å²) < 4.78 is 44.4. The Balaban J connectivity index is 0.00000405. The Hall–Kier alpha value is -3.34. The number of carbonyl (C=O) groups is 1. The van der Waals surface area contributed by atoms with Crippen molar-refractivity contribution in [2.45, 2.75) is 44.7 Å². The summed E-state index contributed by atoms with van der Waals surface area (Å²) in [6.45, 7) is 3.38. The molecular formula is C31H38ClFN4O4S. The number of rotatable bonds is 11. The maximum atomic E-state index is 13.3. The average Bonchev–Trinajstić information content (AvgIpc) is 3.77. The standard InChI is InChI=1S/C31H37FN4O4S.ClH/c1-41(38,39)34-27-10-14-30(15-11-27)40-29-12-4-24(5-13-29)22-35-19-17-28(18-20-35)36(21-16-23-2-3-23)31(37)33-26-8-6-25(32)7-9-26;/h4-15,23,28,34H,2-3,16-22H2,1H3,(H,33,37);1H. The minimum absolute atomic E-state index is 0. The number of halogens is 2. The lowest BCUT2D eigenvalue weighted by Crippen LogP contribution is -2.49. The number of nitrogens with one attached hydrogen (secondary N) is 2. The molecule has 0 radical (unpaired) electrons. The maximum absolute atomic E-state index is 13.3. The lowest BCUT2D eigenvalue weighted by atomic mass is 10.0. The molecule has 0 bridgehead atoms. The van der Waals surface area contributed by atoms with Crippen molar-refractivity contribution in [1.29, 1.82) is 0 Å². The predicted octanol–water partition coefficient (Wildman–Crippen LogP) is 6.71. The van der Waals surface area contributed by atoms with Gasteiger partial charge in [0.05, 0.1) is 6.26 Å². The molecule has 1 saturated carbocycles. The molecule has 0 aromatic heterocycles. The van der Waals surface area contributed by atoms with Crippen molar-refractivity contribution in [3.63, 3.8) is 0 Å². The van der Waals surface area contributed by atoms with Crippen molar-refractivity contribution in [3.8, 4) is 11.5 Å². The van der Waals surface area contributed by atoms with Crippen LogP contribution in [-0.4, -0.2) is 56.2 Å². The van der Waals surface area contributed by atoms with E-state index in [1.54, 1.807) is 36.4 Å². The van der Waals surface area contributed by atoms with Crippen LogP contribution in [0.15, 0.2) is 72.8 Å². The summed E-state index contributed by atoms with van der Waals surface area (Å²) in [6.07, 6.45) is 6.48. The van der Waals surface area contributed by atoms with Crippen LogP contribution >= 0.6 is 12.4 Å². The number of urea groups is 1. The molecule has 0 spiro atoms. The van der Waals surface area contributed by atoms with Gasteiger partial charge in [-0.3, -0.25) is 9.62 Å². The van der Waals surface area contributed by atoms with E-state index in [1.807, 2.05) is 17.0 Å². The molecule has 42 heavy (non-hydrogen) atoms. The minimum Gasteiger partial charge on any atom is -0.457 e. The van der Waals surface area contributed by atoms with Crippen molar-refractivity contribution in [1.82, 2.24) is 9.80 Å². The molecule has 3 aromatic carbocycles. The van der Waals surface area contributed by atoms with Crippen LogP contribution in [0.5, 0.6) is 11.5 Å². The Bertz CT molecular complexity index is 1410. The lowest BCUT2D eigenvalue weighted by Gasteiger charge is -2.38. The highest BCUT2D eigenvalue weighted by molar-refractivity contribution is 7.92. The van der Waals surface area contributed by atoms with Crippen molar-refractivity contribution >= 4 is 39.8 Å². The summed E-state index contributed by atoms with van der Waals surface area (Å²) in [7, 11) is -3.32. The SMILES string of the molecule is CS(=O)(=O)Nc1ccc(Oc2ccc(CN3CCC(N(CCC4CC4)C(=O)Nc4ccc(F)cc4)CC3)cc2)cc1.Cl. The van der Waals surface area contributed by atoms with Crippen molar-refractivity contribution in [2.24, 2.45) is 5.92 Å². The van der Waals surface area contributed by atoms with E-state index in [1.165, 1.54) is 30.5 Å². The first-order chi connectivity index (χ1) is 19.7. The van der Waals surface area contributed by atoms with E-state index in [2.05, 4.69) is 27.1 Å². The summed E-state index contributed by atoms with van der Waals surface area (Å²) >= 11 is 0. The number of benzene rings is 3. The highest BCUT2D eigenvalue weighted by Crippen LogP contribution is 2.33. The Morgan fingerprint density at radius 1 is 0.905 bits per heavy atom. The molecule has 1 aliphatic heterocycles. The molecule has 1 heterocycles. The number of ether oxygens (including phenoxy) is 1. The van der Waals surface area contributed by atoms with Crippen LogP contribution in [0.1, 0.15) is 37.7 Å². The first kappa shape index (κ1) is 31.6. The van der Waals surface area contributed by atoms with Crippen LogP contribution in [0.4, 0.5) is 20.6 Å². The molecule has 5 rings (SSSR count). The third-order valence-corrected chi connectivity index (χ3v) is 8.16. The van der Waals surface area contributed by atoms with Crippen molar-refractivity contribution < 1.29 is 22.3 Å². The van der Waals surface area contributed by atoms with E-state index in [9.17, 15) is 17.6 Å². The predicted molar refractivity (Wildman–Crippen MR) is 166 cm³/mol. The molecule has 0 atom stereocenters.